The minimum atomic E-state index is -4.03. The number of para-hydroxylation sites is 1. The molecule has 3 aromatic carbocycles. The Morgan fingerprint density at radius 3 is 2.26 bits per heavy atom. The second-order valence-electron chi connectivity index (χ2n) is 7.09. The Labute approximate surface area is 186 Å². The van der Waals surface area contributed by atoms with Crippen LogP contribution < -0.4 is 9.62 Å². The van der Waals surface area contributed by atoms with Gasteiger partial charge in [0.15, 0.2) is 0 Å². The number of carbonyl (C=O) groups is 1. The molecule has 1 amide bonds. The summed E-state index contributed by atoms with van der Waals surface area (Å²) in [6.07, 6.45) is 0. The van der Waals surface area contributed by atoms with E-state index in [1.54, 1.807) is 50.2 Å². The van der Waals surface area contributed by atoms with E-state index < -0.39 is 28.5 Å². The summed E-state index contributed by atoms with van der Waals surface area (Å²) in [5.41, 5.74) is 1.82. The number of hydrogen-bond donors (Lipinski definition) is 1. The van der Waals surface area contributed by atoms with Gasteiger partial charge in [-0.2, -0.15) is 0 Å². The summed E-state index contributed by atoms with van der Waals surface area (Å²) in [6, 6.07) is 18.1. The van der Waals surface area contributed by atoms with Gasteiger partial charge < -0.3 is 5.32 Å². The number of halogens is 2. The highest BCUT2D eigenvalue weighted by molar-refractivity contribution is 7.92. The van der Waals surface area contributed by atoms with Crippen LogP contribution >= 0.6 is 11.6 Å². The summed E-state index contributed by atoms with van der Waals surface area (Å²) in [4.78, 5) is 12.8. The molecule has 0 saturated carbocycles. The van der Waals surface area contributed by atoms with E-state index in [1.165, 1.54) is 36.4 Å². The molecule has 8 heteroatoms. The van der Waals surface area contributed by atoms with Crippen molar-refractivity contribution in [3.8, 4) is 0 Å². The van der Waals surface area contributed by atoms with Crippen LogP contribution in [0.15, 0.2) is 77.7 Å². The van der Waals surface area contributed by atoms with E-state index in [-0.39, 0.29) is 10.7 Å². The van der Waals surface area contributed by atoms with E-state index in [9.17, 15) is 17.6 Å². The molecule has 0 aliphatic rings. The third kappa shape index (κ3) is 5.42. The van der Waals surface area contributed by atoms with Crippen molar-refractivity contribution in [2.45, 2.75) is 24.8 Å². The fourth-order valence-electron chi connectivity index (χ4n) is 3.13. The maximum atomic E-state index is 13.4. The molecule has 31 heavy (non-hydrogen) atoms. The smallest absolute Gasteiger partial charge is 0.264 e. The Bertz CT molecular complexity index is 1170. The zero-order chi connectivity index (χ0) is 22.6. The van der Waals surface area contributed by atoms with Gasteiger partial charge in [0.1, 0.15) is 12.4 Å². The van der Waals surface area contributed by atoms with Gasteiger partial charge in [-0.1, -0.05) is 41.9 Å². The molecule has 1 unspecified atom stereocenters. The number of rotatable bonds is 7. The quantitative estimate of drug-likeness (QED) is 0.547. The SMILES string of the molecule is Cc1ccccc1N(CC(=O)NC(C)c1ccc(F)cc1)S(=O)(=O)c1ccc(Cl)cc1. The van der Waals surface area contributed by atoms with E-state index in [4.69, 9.17) is 11.6 Å². The van der Waals surface area contributed by atoms with Crippen LogP contribution in [-0.4, -0.2) is 20.9 Å². The van der Waals surface area contributed by atoms with Gasteiger partial charge in [-0.25, -0.2) is 12.8 Å². The van der Waals surface area contributed by atoms with Crippen molar-refractivity contribution in [2.24, 2.45) is 0 Å². The van der Waals surface area contributed by atoms with Gasteiger partial charge in [0, 0.05) is 5.02 Å². The highest BCUT2D eigenvalue weighted by Crippen LogP contribution is 2.27. The lowest BCUT2D eigenvalue weighted by Crippen LogP contribution is -2.41. The van der Waals surface area contributed by atoms with Crippen LogP contribution in [-0.2, 0) is 14.8 Å². The monoisotopic (exact) mass is 460 g/mol. The van der Waals surface area contributed by atoms with E-state index in [2.05, 4.69) is 5.32 Å². The molecule has 5 nitrogen and oxygen atoms in total. The topological polar surface area (TPSA) is 66.5 Å². The summed E-state index contributed by atoms with van der Waals surface area (Å²) in [7, 11) is -4.03. The normalized spacial score (nSPS) is 12.3. The lowest BCUT2D eigenvalue weighted by molar-refractivity contribution is -0.120. The molecule has 0 spiro atoms. The number of carbonyl (C=O) groups excluding carboxylic acids is 1. The molecule has 3 aromatic rings. The lowest BCUT2D eigenvalue weighted by atomic mass is 10.1. The first-order valence-electron chi connectivity index (χ1n) is 9.57. The molecule has 0 aliphatic heterocycles. The molecule has 3 rings (SSSR count). The molecule has 0 radical (unpaired) electrons. The highest BCUT2D eigenvalue weighted by Gasteiger charge is 2.28. The van der Waals surface area contributed by atoms with E-state index in [0.29, 0.717) is 21.8 Å². The van der Waals surface area contributed by atoms with Gasteiger partial charge in [-0.3, -0.25) is 9.10 Å². The minimum absolute atomic E-state index is 0.0273. The first-order chi connectivity index (χ1) is 14.7. The largest absolute Gasteiger partial charge is 0.348 e. The molecule has 0 aliphatic carbocycles. The summed E-state index contributed by atoms with van der Waals surface area (Å²) in [5.74, 6) is -0.861. The van der Waals surface area contributed by atoms with Crippen LogP contribution in [0.2, 0.25) is 5.02 Å². The highest BCUT2D eigenvalue weighted by atomic mass is 35.5. The second kappa shape index (κ2) is 9.49. The number of nitrogens with one attached hydrogen (secondary N) is 1. The Kier molecular flexibility index (Phi) is 6.97. The number of amides is 1. The maximum Gasteiger partial charge on any atom is 0.264 e. The second-order valence-corrected chi connectivity index (χ2v) is 9.39. The molecule has 0 heterocycles. The Morgan fingerprint density at radius 1 is 1.03 bits per heavy atom. The first-order valence-corrected chi connectivity index (χ1v) is 11.4. The summed E-state index contributed by atoms with van der Waals surface area (Å²) in [6.45, 7) is 3.11. The Morgan fingerprint density at radius 2 is 1.65 bits per heavy atom. The van der Waals surface area contributed by atoms with Crippen molar-refractivity contribution in [2.75, 3.05) is 10.8 Å². The fourth-order valence-corrected chi connectivity index (χ4v) is 4.74. The number of benzene rings is 3. The van der Waals surface area contributed by atoms with Crippen LogP contribution in [0.4, 0.5) is 10.1 Å². The van der Waals surface area contributed by atoms with Crippen molar-refractivity contribution in [3.63, 3.8) is 0 Å². The van der Waals surface area contributed by atoms with Crippen molar-refractivity contribution >= 4 is 33.2 Å². The van der Waals surface area contributed by atoms with Gasteiger partial charge in [0.05, 0.1) is 16.6 Å². The first kappa shape index (κ1) is 22.8. The average Bonchev–Trinajstić information content (AvgIpc) is 2.73. The third-order valence-electron chi connectivity index (χ3n) is 4.82. The van der Waals surface area contributed by atoms with Crippen LogP contribution in [0, 0.1) is 12.7 Å². The number of aryl methyl sites for hydroxylation is 1. The number of hydrogen-bond acceptors (Lipinski definition) is 3. The zero-order valence-corrected chi connectivity index (χ0v) is 18.6. The number of sulfonamides is 1. The molecular weight excluding hydrogens is 439 g/mol. The van der Waals surface area contributed by atoms with E-state index in [0.717, 1.165) is 4.31 Å². The predicted octanol–water partition coefficient (Wildman–Crippen LogP) is 4.86. The summed E-state index contributed by atoms with van der Waals surface area (Å²) >= 11 is 5.90. The fraction of sp³-hybridized carbons (Fsp3) is 0.174. The van der Waals surface area contributed by atoms with E-state index in [1.807, 2.05) is 0 Å². The maximum absolute atomic E-state index is 13.4. The summed E-state index contributed by atoms with van der Waals surface area (Å²) in [5, 5.41) is 3.19. The number of anilines is 1. The van der Waals surface area contributed by atoms with Crippen molar-refractivity contribution in [3.05, 3.63) is 94.8 Å². The van der Waals surface area contributed by atoms with Gasteiger partial charge in [-0.05, 0) is 67.4 Å². The molecule has 1 atom stereocenters. The summed E-state index contributed by atoms with van der Waals surface area (Å²) < 4.78 is 41.0. The van der Waals surface area contributed by atoms with Gasteiger partial charge in [-0.15, -0.1) is 0 Å². The van der Waals surface area contributed by atoms with Gasteiger partial charge >= 0.3 is 0 Å². The van der Waals surface area contributed by atoms with Crippen LogP contribution in [0.25, 0.3) is 0 Å². The standard InChI is InChI=1S/C23H22ClFN2O3S/c1-16-5-3-4-6-22(16)27(31(29,30)21-13-9-19(24)10-14-21)15-23(28)26-17(2)18-7-11-20(25)12-8-18/h3-14,17H,15H2,1-2H3,(H,26,28). The molecule has 0 bridgehead atoms. The molecule has 0 saturated heterocycles. The van der Waals surface area contributed by atoms with Crippen molar-refractivity contribution < 1.29 is 17.6 Å². The molecule has 0 aromatic heterocycles. The Hall–Kier alpha value is -2.90. The van der Waals surface area contributed by atoms with Gasteiger partial charge in [0.25, 0.3) is 10.0 Å². The zero-order valence-electron chi connectivity index (χ0n) is 17.0. The van der Waals surface area contributed by atoms with Crippen molar-refractivity contribution in [1.29, 1.82) is 0 Å². The van der Waals surface area contributed by atoms with E-state index >= 15 is 0 Å². The van der Waals surface area contributed by atoms with Gasteiger partial charge in [0.2, 0.25) is 5.91 Å². The average molecular weight is 461 g/mol. The van der Waals surface area contributed by atoms with Crippen molar-refractivity contribution in [1.82, 2.24) is 5.32 Å². The minimum Gasteiger partial charge on any atom is -0.348 e. The molecular formula is C23H22ClFN2O3S. The van der Waals surface area contributed by atoms with Crippen LogP contribution in [0.5, 0.6) is 0 Å². The Balaban J connectivity index is 1.90. The lowest BCUT2D eigenvalue weighted by Gasteiger charge is -2.26. The molecule has 162 valence electrons. The van der Waals surface area contributed by atoms with Crippen LogP contribution in [0.1, 0.15) is 24.1 Å². The molecule has 0 fully saturated rings. The van der Waals surface area contributed by atoms with Crippen LogP contribution in [0.3, 0.4) is 0 Å². The third-order valence-corrected chi connectivity index (χ3v) is 6.85. The predicted molar refractivity (Wildman–Crippen MR) is 120 cm³/mol. The molecule has 1 N–H and O–H groups in total. The number of nitrogens with zero attached hydrogens (tertiary/aromatic N) is 1.